The zero-order valence-corrected chi connectivity index (χ0v) is 26.5. The van der Waals surface area contributed by atoms with E-state index < -0.39 is 14.1 Å². The monoisotopic (exact) mass is 588 g/mol. The average molecular weight is 589 g/mol. The maximum Gasteiger partial charge on any atom is 0.108 e. The van der Waals surface area contributed by atoms with E-state index in [4.69, 9.17) is 0 Å². The molecule has 0 atom stereocenters. The largest absolute Gasteiger partial charge is 0.195 e. The summed E-state index contributed by atoms with van der Waals surface area (Å²) in [5.74, 6) is 0. The van der Waals surface area contributed by atoms with E-state index in [2.05, 4.69) is 182 Å². The molecule has 6 aromatic rings. The molecule has 1 fully saturated rings. The molecule has 218 valence electrons. The molecule has 1 saturated carbocycles. The Balaban J connectivity index is 0.000000162. The molecule has 1 aliphatic rings. The van der Waals surface area contributed by atoms with Gasteiger partial charge in [0.15, 0.2) is 0 Å². The first-order valence-corrected chi connectivity index (χ1v) is 17.8. The van der Waals surface area contributed by atoms with E-state index in [9.17, 15) is 0 Å². The molecule has 0 nitrogen and oxygen atoms in total. The third-order valence-electron chi connectivity index (χ3n) is 9.38. The molecule has 0 spiro atoms. The molecule has 6 aromatic carbocycles. The Hall–Kier alpha value is -4.19. The maximum atomic E-state index is 2.34. The van der Waals surface area contributed by atoms with Crippen LogP contribution in [0, 0.1) is 0 Å². The van der Waals surface area contributed by atoms with Crippen LogP contribution in [0.5, 0.6) is 0 Å². The summed E-state index contributed by atoms with van der Waals surface area (Å²) in [6.45, 7) is 0. The molecule has 7 rings (SSSR count). The molecule has 0 N–H and O–H groups in total. The van der Waals surface area contributed by atoms with Gasteiger partial charge in [0, 0.05) is 0 Å². The van der Waals surface area contributed by atoms with E-state index in [-0.39, 0.29) is 0 Å². The van der Waals surface area contributed by atoms with Gasteiger partial charge in [-0.1, -0.05) is 164 Å². The Morgan fingerprint density at radius 2 is 0.614 bits per heavy atom. The number of hydrogen-bond acceptors (Lipinski definition) is 0. The predicted molar refractivity (Wildman–Crippen MR) is 197 cm³/mol. The minimum atomic E-state index is -1.22. The van der Waals surface area contributed by atoms with Crippen molar-refractivity contribution in [3.05, 3.63) is 182 Å². The second-order valence-electron chi connectivity index (χ2n) is 12.0. The van der Waals surface area contributed by atoms with Crippen LogP contribution >= 0.6 is 7.92 Å². The molecular weight excluding hydrogens is 546 g/mol. The molecule has 2 heteroatoms. The zero-order chi connectivity index (χ0) is 29.9. The van der Waals surface area contributed by atoms with Crippen molar-refractivity contribution in [1.29, 1.82) is 0 Å². The normalized spacial score (nSPS) is 13.6. The van der Waals surface area contributed by atoms with Gasteiger partial charge >= 0.3 is 0 Å². The minimum Gasteiger partial charge on any atom is -0.195 e. The highest BCUT2D eigenvalue weighted by atomic mass is 31.1. The predicted octanol–water partition coefficient (Wildman–Crippen LogP) is 7.25. The van der Waals surface area contributed by atoms with Gasteiger partial charge in [0.1, 0.15) is 6.15 Å². The Morgan fingerprint density at radius 1 is 0.341 bits per heavy atom. The third kappa shape index (κ3) is 6.65. The van der Waals surface area contributed by atoms with Crippen molar-refractivity contribution in [2.24, 2.45) is 0 Å². The lowest BCUT2D eigenvalue weighted by molar-refractivity contribution is 0.513. The molecule has 1 aliphatic carbocycles. The van der Waals surface area contributed by atoms with Crippen LogP contribution in [0.4, 0.5) is 0 Å². The van der Waals surface area contributed by atoms with Crippen LogP contribution in [0.15, 0.2) is 182 Å². The lowest BCUT2D eigenvalue weighted by Gasteiger charge is -2.44. The first-order chi connectivity index (χ1) is 21.9. The van der Waals surface area contributed by atoms with Crippen molar-refractivity contribution in [3.63, 3.8) is 0 Å². The van der Waals surface area contributed by atoms with Gasteiger partial charge in [-0.3, -0.25) is 0 Å². The number of hydrogen-bond donors (Lipinski definition) is 0. The Bertz CT molecular complexity index is 1450. The van der Waals surface area contributed by atoms with Crippen LogP contribution in [0.25, 0.3) is 0 Å². The quantitative estimate of drug-likeness (QED) is 0.136. The molecular formula is C42H42BP. The van der Waals surface area contributed by atoms with Gasteiger partial charge in [-0.25, -0.2) is 0 Å². The second kappa shape index (κ2) is 15.0. The highest BCUT2D eigenvalue weighted by Gasteiger charge is 2.33. The molecule has 0 saturated heterocycles. The van der Waals surface area contributed by atoms with Crippen LogP contribution in [-0.4, -0.2) is 11.8 Å². The van der Waals surface area contributed by atoms with Crippen LogP contribution in [0.3, 0.4) is 0 Å². The van der Waals surface area contributed by atoms with Crippen molar-refractivity contribution in [2.45, 2.75) is 37.8 Å². The van der Waals surface area contributed by atoms with Crippen LogP contribution < -0.4 is 32.5 Å². The van der Waals surface area contributed by atoms with Gasteiger partial charge in [-0.05, 0) is 49.9 Å². The molecule has 0 bridgehead atoms. The van der Waals surface area contributed by atoms with Crippen molar-refractivity contribution >= 4 is 46.5 Å². The zero-order valence-electron chi connectivity index (χ0n) is 25.5. The summed E-state index contributed by atoms with van der Waals surface area (Å²) in [5.41, 5.74) is 6.28. The summed E-state index contributed by atoms with van der Waals surface area (Å²) < 4.78 is 0. The topological polar surface area (TPSA) is 0 Å². The lowest BCUT2D eigenvalue weighted by atomic mass is 9.13. The molecule has 0 radical (unpaired) electrons. The summed E-state index contributed by atoms with van der Waals surface area (Å²) in [6.07, 6.45) is 5.94. The molecule has 0 aliphatic heterocycles. The fraction of sp³-hybridized carbons (Fsp3) is 0.143. The van der Waals surface area contributed by atoms with Crippen LogP contribution in [-0.2, 0) is 0 Å². The average Bonchev–Trinajstić information content (AvgIpc) is 3.12. The maximum absolute atomic E-state index is 2.34. The summed E-state index contributed by atoms with van der Waals surface area (Å²) >= 11 is 0. The first kappa shape index (κ1) is 29.9. The van der Waals surface area contributed by atoms with Gasteiger partial charge in [0.05, 0.1) is 24.2 Å². The Kier molecular flexibility index (Phi) is 10.2. The number of benzene rings is 6. The Labute approximate surface area is 265 Å². The van der Waals surface area contributed by atoms with E-state index in [1.807, 2.05) is 0 Å². The fourth-order valence-electron chi connectivity index (χ4n) is 7.39. The molecule has 0 unspecified atom stereocenters. The summed E-state index contributed by atoms with van der Waals surface area (Å²) in [5, 5.41) is 3.18. The highest BCUT2D eigenvalue weighted by molar-refractivity contribution is 7.73. The Morgan fingerprint density at radius 3 is 0.909 bits per heavy atom. The van der Waals surface area contributed by atoms with E-state index in [1.165, 1.54) is 54.0 Å². The van der Waals surface area contributed by atoms with Crippen molar-refractivity contribution in [2.75, 3.05) is 0 Å². The highest BCUT2D eigenvalue weighted by Crippen LogP contribution is 2.46. The van der Waals surface area contributed by atoms with Gasteiger partial charge in [-0.2, -0.15) is 21.9 Å². The van der Waals surface area contributed by atoms with Gasteiger partial charge in [-0.15, -0.1) is 0 Å². The molecule has 0 amide bonds. The summed E-state index contributed by atoms with van der Waals surface area (Å²) in [6, 6.07) is 66.0. The van der Waals surface area contributed by atoms with E-state index >= 15 is 0 Å². The summed E-state index contributed by atoms with van der Waals surface area (Å²) in [4.78, 5) is 0. The van der Waals surface area contributed by atoms with Gasteiger partial charge in [0.2, 0.25) is 0 Å². The van der Waals surface area contributed by atoms with Crippen molar-refractivity contribution in [1.82, 2.24) is 0 Å². The van der Waals surface area contributed by atoms with E-state index in [1.54, 1.807) is 10.6 Å². The number of rotatable bonds is 7. The fourth-order valence-corrected chi connectivity index (χ4v) is 10.8. The summed E-state index contributed by atoms with van der Waals surface area (Å²) in [7, 11) is -0.600. The van der Waals surface area contributed by atoms with Crippen molar-refractivity contribution in [3.8, 4) is 0 Å². The molecule has 44 heavy (non-hydrogen) atoms. The van der Waals surface area contributed by atoms with Crippen molar-refractivity contribution < 1.29 is 0 Å². The van der Waals surface area contributed by atoms with E-state index in [0.29, 0.717) is 0 Å². The first-order valence-electron chi connectivity index (χ1n) is 16.2. The smallest absolute Gasteiger partial charge is 0.108 e. The minimum absolute atomic E-state index is 0.600. The SMILES string of the molecule is c1ccc([B-](c2ccccc2)(c2ccccc2)c2ccccc2)cc1.c1ccc([PH+](c2ccccc2)C2CCCCC2)cc1. The lowest BCUT2D eigenvalue weighted by Crippen LogP contribution is -2.74. The molecule has 0 aromatic heterocycles. The second-order valence-corrected chi connectivity index (χ2v) is 14.8. The van der Waals surface area contributed by atoms with Crippen LogP contribution in [0.2, 0.25) is 0 Å². The molecule has 0 heterocycles. The van der Waals surface area contributed by atoms with Crippen LogP contribution in [0.1, 0.15) is 32.1 Å². The van der Waals surface area contributed by atoms with Gasteiger partial charge < -0.3 is 0 Å². The van der Waals surface area contributed by atoms with E-state index in [0.717, 1.165) is 5.66 Å². The standard InChI is InChI=1S/C24H20B.C18H21P/c1-5-13-21(14-6-1)25(22-15-7-2-8-16-22,23-17-9-3-10-18-23)24-19-11-4-12-20-24;1-4-10-16(11-5-1)19(17-12-6-2-7-13-17)18-14-8-3-9-15-18/h1-20H;1-2,4-7,10-13,18H,3,8-9,14-15H2/q-1;/p+1. The third-order valence-corrected chi connectivity index (χ3v) is 12.7. The van der Waals surface area contributed by atoms with Gasteiger partial charge in [0.25, 0.3) is 0 Å².